The molecule has 16 bridgehead atoms. The van der Waals surface area contributed by atoms with E-state index in [9.17, 15) is 81.7 Å². The standard InChI is InChI=1S/C48H72Br8O32/c49-1-9-33-17(57)25(65)41(73-9)82-34-10(2-50)75-43(27(67)19(34)59)84-36-12(4-52)77-45(29(69)21(36)61)86-38-14(6-54)79-47(31(71)23(38)63)88-40-16(8-56)80-48(32(72)24(40)64)87-39-15(7-55)78-46(30(70)22(39)62)85-37-13(5-53)76-44(28(68)20(37)60)83-35-11(3-51)74-42(81-33)26(66)18(35)58/h9-48,57-72H,1-8H2/t9?,10?,11?,12?,13?,14?,15?,16?,17-,18-,19-,20-,21-,22-,23-,24-,25?,26?,27?,28?,29?,30?,31?,32?,33-,34-,35-,36-,37-,38-,39-,40-,41-,42-,43-,44-,45-,46-,47-,48-/m1/s1. The van der Waals surface area contributed by atoms with E-state index < -0.39 is 246 Å². The Morgan fingerprint density at radius 1 is 0.148 bits per heavy atom. The van der Waals surface area contributed by atoms with Crippen molar-refractivity contribution in [2.24, 2.45) is 0 Å². The molecule has 32 nitrogen and oxygen atoms in total. The Kier molecular flexibility index (Phi) is 27.8. The Balaban J connectivity index is 0.975. The highest BCUT2D eigenvalue weighted by atomic mass is 79.9. The molecule has 40 heteroatoms. The molecule has 0 aromatic carbocycles. The summed E-state index contributed by atoms with van der Waals surface area (Å²) < 4.78 is 96.6. The molecular formula is C48H72Br8O32. The molecular weight excluding hydrogens is 1730 g/mol. The number of alkyl halides is 8. The molecule has 0 aromatic heterocycles. The van der Waals surface area contributed by atoms with E-state index in [1.165, 1.54) is 0 Å². The van der Waals surface area contributed by atoms with Gasteiger partial charge in [-0.25, -0.2) is 0 Å². The van der Waals surface area contributed by atoms with Gasteiger partial charge in [0.05, 0.1) is 48.8 Å². The maximum Gasteiger partial charge on any atom is 0.187 e. The highest BCUT2D eigenvalue weighted by Gasteiger charge is 2.60. The maximum absolute atomic E-state index is 11.6. The van der Waals surface area contributed by atoms with E-state index in [1.807, 2.05) is 0 Å². The SMILES string of the molecule is OC1[C@@H]2OC(CBr)[C@@H](O[C@H]3OC(CBr)[C@@H](O[C@H]4OC(CBr)[C@@H](O[C@H]5OC(CBr)[C@@H](O[C@H]6OC(CBr)[C@@H](O[C@H]7OC(CBr)[C@@H](O[C@H]8OC(CBr)[C@@H](O[C@H]9OC(CBr)[C@@H](O2)[C@H](O)C9O)[C@H](O)C8O)[C@H](O)C7O)[C@H](O)C6O)[C@H](O)C5O)[C@H](O)C4O)[C@H](O)C3O)[C@@H]1O. The van der Waals surface area contributed by atoms with Gasteiger partial charge in [-0.3, -0.25) is 0 Å². The van der Waals surface area contributed by atoms with Gasteiger partial charge in [-0.1, -0.05) is 127 Å². The summed E-state index contributed by atoms with van der Waals surface area (Å²) in [6.45, 7) is 0. The molecule has 30 aliphatic heterocycles. The van der Waals surface area contributed by atoms with E-state index in [-0.39, 0.29) is 42.6 Å². The van der Waals surface area contributed by atoms with Gasteiger partial charge in [0.2, 0.25) is 0 Å². The van der Waals surface area contributed by atoms with Crippen LogP contribution in [0.5, 0.6) is 0 Å². The smallest absolute Gasteiger partial charge is 0.187 e. The molecule has 0 spiro atoms. The van der Waals surface area contributed by atoms with Gasteiger partial charge in [-0.15, -0.1) is 0 Å². The highest BCUT2D eigenvalue weighted by Crippen LogP contribution is 2.41. The van der Waals surface area contributed by atoms with E-state index in [2.05, 4.69) is 127 Å². The van der Waals surface area contributed by atoms with Crippen LogP contribution in [0.25, 0.3) is 0 Å². The third-order valence-corrected chi connectivity index (χ3v) is 21.8. The number of aliphatic hydroxyl groups is 16. The fraction of sp³-hybridized carbons (Fsp3) is 1.00. The molecule has 512 valence electrons. The van der Waals surface area contributed by atoms with Gasteiger partial charge in [-0.2, -0.15) is 0 Å². The quantitative estimate of drug-likeness (QED) is 0.101. The monoisotopic (exact) mass is 1790 g/mol. The Hall–Kier alpha value is 2.56. The van der Waals surface area contributed by atoms with E-state index in [1.54, 1.807) is 0 Å². The van der Waals surface area contributed by atoms with Crippen molar-refractivity contribution in [2.45, 2.75) is 246 Å². The summed E-state index contributed by atoms with van der Waals surface area (Å²) in [6, 6.07) is 0. The molecule has 30 fully saturated rings. The number of aliphatic hydroxyl groups excluding tert-OH is 16. The third kappa shape index (κ3) is 15.3. The van der Waals surface area contributed by atoms with Crippen molar-refractivity contribution < 1.29 is 157 Å². The van der Waals surface area contributed by atoms with Gasteiger partial charge in [-0.05, 0) is 0 Å². The first kappa shape index (κ1) is 74.8. The van der Waals surface area contributed by atoms with Crippen LogP contribution >= 0.6 is 127 Å². The molecule has 0 aromatic rings. The Morgan fingerprint density at radius 2 is 0.239 bits per heavy atom. The first-order valence-electron chi connectivity index (χ1n) is 27.7. The molecule has 30 heterocycles. The normalized spacial score (nSPS) is 55.4. The van der Waals surface area contributed by atoms with Crippen LogP contribution in [0, 0.1) is 0 Å². The largest absolute Gasteiger partial charge is 0.387 e. The van der Waals surface area contributed by atoms with Crippen molar-refractivity contribution in [2.75, 3.05) is 42.6 Å². The molecule has 0 radical (unpaired) electrons. The summed E-state index contributed by atoms with van der Waals surface area (Å²) in [5.74, 6) is 0. The Morgan fingerprint density at radius 3 is 0.318 bits per heavy atom. The lowest BCUT2D eigenvalue weighted by Gasteiger charge is -2.50. The van der Waals surface area contributed by atoms with Crippen LogP contribution in [0.15, 0.2) is 0 Å². The van der Waals surface area contributed by atoms with Crippen LogP contribution in [0.2, 0.25) is 0 Å². The van der Waals surface area contributed by atoms with Crippen LogP contribution in [-0.4, -0.2) is 370 Å². The van der Waals surface area contributed by atoms with E-state index in [0.29, 0.717) is 0 Å². The zero-order valence-corrected chi connectivity index (χ0v) is 58.1. The zero-order chi connectivity index (χ0) is 64.1. The average molecular weight is 1800 g/mol. The number of hydrogen-bond acceptors (Lipinski definition) is 32. The van der Waals surface area contributed by atoms with Crippen LogP contribution in [-0.2, 0) is 75.8 Å². The van der Waals surface area contributed by atoms with Gasteiger partial charge in [0.15, 0.2) is 50.3 Å². The fourth-order valence-corrected chi connectivity index (χ4v) is 15.9. The predicted molar refractivity (Wildman–Crippen MR) is 315 cm³/mol. The lowest BCUT2D eigenvalue weighted by molar-refractivity contribution is -0.396. The van der Waals surface area contributed by atoms with Crippen LogP contribution < -0.4 is 0 Å². The van der Waals surface area contributed by atoms with Gasteiger partial charge >= 0.3 is 0 Å². The summed E-state index contributed by atoms with van der Waals surface area (Å²) in [6.07, 6.45) is -67.7. The second kappa shape index (κ2) is 32.7. The maximum atomic E-state index is 11.6. The minimum absolute atomic E-state index is 0.130. The van der Waals surface area contributed by atoms with Crippen molar-refractivity contribution in [1.29, 1.82) is 0 Å². The second-order valence-corrected chi connectivity index (χ2v) is 27.4. The van der Waals surface area contributed by atoms with Crippen LogP contribution in [0.3, 0.4) is 0 Å². The molecule has 0 amide bonds. The van der Waals surface area contributed by atoms with Gasteiger partial charge in [0.25, 0.3) is 0 Å². The van der Waals surface area contributed by atoms with E-state index >= 15 is 0 Å². The van der Waals surface area contributed by atoms with Gasteiger partial charge in [0.1, 0.15) is 146 Å². The minimum Gasteiger partial charge on any atom is -0.387 e. The Bertz CT molecular complexity index is 1730. The third-order valence-electron chi connectivity index (χ3n) is 16.7. The van der Waals surface area contributed by atoms with E-state index in [4.69, 9.17) is 75.8 Å². The number of halogens is 8. The second-order valence-electron chi connectivity index (χ2n) is 22.2. The lowest BCUT2D eigenvalue weighted by atomic mass is 9.95. The van der Waals surface area contributed by atoms with Gasteiger partial charge < -0.3 is 157 Å². The van der Waals surface area contributed by atoms with Gasteiger partial charge in [0, 0.05) is 42.6 Å². The molecule has 16 N–H and O–H groups in total. The summed E-state index contributed by atoms with van der Waals surface area (Å²) >= 11 is 26.4. The number of rotatable bonds is 8. The fourth-order valence-electron chi connectivity index (χ4n) is 11.7. The van der Waals surface area contributed by atoms with Crippen molar-refractivity contribution in [3.05, 3.63) is 0 Å². The summed E-state index contributed by atoms with van der Waals surface area (Å²) in [4.78, 5) is 0. The zero-order valence-electron chi connectivity index (χ0n) is 45.5. The molecule has 88 heavy (non-hydrogen) atoms. The molecule has 0 saturated carbocycles. The Labute approximate surface area is 568 Å². The first-order valence-corrected chi connectivity index (χ1v) is 36.7. The van der Waals surface area contributed by atoms with Crippen molar-refractivity contribution in [3.63, 3.8) is 0 Å². The minimum atomic E-state index is -1.99. The molecule has 30 saturated heterocycles. The topological polar surface area (TPSA) is 471 Å². The molecule has 30 rings (SSSR count). The molecule has 40 atom stereocenters. The average Bonchev–Trinajstić information content (AvgIpc) is 0.980. The number of ether oxygens (including phenoxy) is 16. The lowest BCUT2D eigenvalue weighted by Crippen LogP contribution is -2.68. The summed E-state index contributed by atoms with van der Waals surface area (Å²) in [5.41, 5.74) is 0. The number of hydrogen-bond donors (Lipinski definition) is 16. The molecule has 0 aliphatic carbocycles. The van der Waals surface area contributed by atoms with Crippen molar-refractivity contribution in [1.82, 2.24) is 0 Å². The highest BCUT2D eigenvalue weighted by molar-refractivity contribution is 9.10. The van der Waals surface area contributed by atoms with Crippen LogP contribution in [0.4, 0.5) is 0 Å². The molecule has 16 unspecified atom stereocenters. The summed E-state index contributed by atoms with van der Waals surface area (Å²) in [5, 5.41) is 184. The predicted octanol–water partition coefficient (Wildman–Crippen LogP) is -6.19. The van der Waals surface area contributed by atoms with E-state index in [0.717, 1.165) is 0 Å². The first-order chi connectivity index (χ1) is 41.9. The van der Waals surface area contributed by atoms with Crippen molar-refractivity contribution in [3.8, 4) is 0 Å². The van der Waals surface area contributed by atoms with Crippen LogP contribution in [0.1, 0.15) is 0 Å². The van der Waals surface area contributed by atoms with Crippen molar-refractivity contribution >= 4 is 127 Å². The molecule has 30 aliphatic rings. The summed E-state index contributed by atoms with van der Waals surface area (Å²) in [7, 11) is 0.